The van der Waals surface area contributed by atoms with Gasteiger partial charge in [-0.1, -0.05) is 6.07 Å². The van der Waals surface area contributed by atoms with E-state index in [-0.39, 0.29) is 45.8 Å². The van der Waals surface area contributed by atoms with E-state index in [9.17, 15) is 55.9 Å². The third-order valence-corrected chi connectivity index (χ3v) is 9.16. The normalized spacial score (nSPS) is 30.5. The zero-order chi connectivity index (χ0) is 39.6. The molecule has 18 nitrogen and oxygen atoms in total. The summed E-state index contributed by atoms with van der Waals surface area (Å²) in [6.07, 6.45) is -13.8. The maximum atomic E-state index is 12.6. The number of aromatic hydroxyl groups is 4. The Morgan fingerprint density at radius 2 is 1.42 bits per heavy atom. The van der Waals surface area contributed by atoms with Gasteiger partial charge in [-0.25, -0.2) is 4.79 Å². The van der Waals surface area contributed by atoms with Crippen LogP contribution in [0.2, 0.25) is 0 Å². The summed E-state index contributed by atoms with van der Waals surface area (Å²) in [6, 6.07) is 12.7. The third-order valence-electron chi connectivity index (χ3n) is 9.16. The van der Waals surface area contributed by atoms with E-state index in [1.165, 1.54) is 67.8 Å². The van der Waals surface area contributed by atoms with Crippen LogP contribution in [0.25, 0.3) is 12.2 Å². The predicted molar refractivity (Wildman–Crippen MR) is 185 cm³/mol. The molecule has 3 aliphatic heterocycles. The van der Waals surface area contributed by atoms with Crippen molar-refractivity contribution in [1.82, 2.24) is 0 Å². The number of aliphatic hydroxyl groups is 8. The maximum absolute atomic E-state index is 12.6. The molecular formula is C37H41O18+. The molecule has 0 radical (unpaired) electrons. The number of hydrogen-bond donors (Lipinski definition) is 10. The SMILES string of the molecule is COc1cc(C=CC(=O)OCC2OC(OC3=Cc4c(OC5OC(CO)C(O)C(O)C5O)cc(O)cc4[OH+]C3c3ccc(O)cc3)C(O)C(O)C2O)ccc1O. The molecule has 296 valence electrons. The molecule has 3 aliphatic rings. The van der Waals surface area contributed by atoms with Gasteiger partial charge in [0.1, 0.15) is 78.3 Å². The summed E-state index contributed by atoms with van der Waals surface area (Å²) in [5.41, 5.74) is 1.08. The molecule has 11 N–H and O–H groups in total. The van der Waals surface area contributed by atoms with Gasteiger partial charge in [0, 0.05) is 18.2 Å². The van der Waals surface area contributed by atoms with Gasteiger partial charge in [-0.15, -0.1) is 0 Å². The summed E-state index contributed by atoms with van der Waals surface area (Å²) >= 11 is 0. The van der Waals surface area contributed by atoms with E-state index in [1.54, 1.807) is 0 Å². The summed E-state index contributed by atoms with van der Waals surface area (Å²) in [4.78, 5) is 12.6. The van der Waals surface area contributed by atoms with E-state index < -0.39 is 86.7 Å². The first-order valence-corrected chi connectivity index (χ1v) is 16.9. The Kier molecular flexibility index (Phi) is 12.0. The van der Waals surface area contributed by atoms with Crippen LogP contribution in [-0.2, 0) is 23.7 Å². The molecule has 0 aromatic heterocycles. The molecule has 0 bridgehead atoms. The number of aliphatic hydroxyl groups excluding tert-OH is 7. The Morgan fingerprint density at radius 1 is 0.764 bits per heavy atom. The number of carbonyl (C=O) groups excluding carboxylic acids is 1. The topological polar surface area (TPSA) is 288 Å². The van der Waals surface area contributed by atoms with Gasteiger partial charge in [-0.2, -0.15) is 0 Å². The molecule has 18 heteroatoms. The summed E-state index contributed by atoms with van der Waals surface area (Å²) in [7, 11) is 1.37. The number of rotatable bonds is 11. The zero-order valence-corrected chi connectivity index (χ0v) is 29.0. The van der Waals surface area contributed by atoms with Gasteiger partial charge in [0.2, 0.25) is 12.6 Å². The van der Waals surface area contributed by atoms with Crippen molar-refractivity contribution in [2.75, 3.05) is 20.3 Å². The largest absolute Gasteiger partial charge is 0.571 e. The molecule has 2 fully saturated rings. The molecule has 2 saturated heterocycles. The van der Waals surface area contributed by atoms with Gasteiger partial charge in [-0.05, 0) is 48.0 Å². The maximum Gasteiger partial charge on any atom is 0.330 e. The Hall–Kier alpha value is -5.15. The molecule has 11 unspecified atom stereocenters. The van der Waals surface area contributed by atoms with Crippen LogP contribution in [0.3, 0.4) is 0 Å². The number of esters is 1. The monoisotopic (exact) mass is 773 g/mol. The van der Waals surface area contributed by atoms with Crippen molar-refractivity contribution in [3.05, 3.63) is 83.1 Å². The quantitative estimate of drug-likeness (QED) is 0.0662. The molecule has 3 aromatic carbocycles. The second kappa shape index (κ2) is 16.7. The van der Waals surface area contributed by atoms with Crippen molar-refractivity contribution >= 4 is 18.1 Å². The van der Waals surface area contributed by atoms with Crippen LogP contribution in [-0.4, -0.2) is 144 Å². The molecule has 0 aliphatic carbocycles. The van der Waals surface area contributed by atoms with Crippen LogP contribution in [0.15, 0.2) is 66.4 Å². The number of hydrogen-bond acceptors (Lipinski definition) is 17. The van der Waals surface area contributed by atoms with Crippen LogP contribution in [0.5, 0.6) is 34.5 Å². The molecular weight excluding hydrogens is 732 g/mol. The van der Waals surface area contributed by atoms with Crippen LogP contribution in [0, 0.1) is 0 Å². The highest BCUT2D eigenvalue weighted by Crippen LogP contribution is 2.46. The number of phenolic OH excluding ortho intramolecular Hbond substituents is 3. The fraction of sp³-hybridized carbons (Fsp3) is 0.378. The fourth-order valence-corrected chi connectivity index (χ4v) is 6.12. The molecule has 0 saturated carbocycles. The fourth-order valence-electron chi connectivity index (χ4n) is 6.12. The van der Waals surface area contributed by atoms with E-state index >= 15 is 0 Å². The van der Waals surface area contributed by atoms with E-state index in [4.69, 9.17) is 28.4 Å². The van der Waals surface area contributed by atoms with Crippen LogP contribution < -0.4 is 9.47 Å². The smallest absolute Gasteiger partial charge is 0.330 e. The Morgan fingerprint density at radius 3 is 2.09 bits per heavy atom. The van der Waals surface area contributed by atoms with Crippen molar-refractivity contribution < 1.29 is 89.0 Å². The van der Waals surface area contributed by atoms with Crippen molar-refractivity contribution in [3.63, 3.8) is 0 Å². The van der Waals surface area contributed by atoms with E-state index in [2.05, 4.69) is 4.74 Å². The lowest BCUT2D eigenvalue weighted by Gasteiger charge is -2.41. The summed E-state index contributed by atoms with van der Waals surface area (Å²) in [6.45, 7) is -1.31. The number of methoxy groups -OCH3 is 1. The van der Waals surface area contributed by atoms with Crippen molar-refractivity contribution in [1.29, 1.82) is 0 Å². The standard InChI is InChI=1S/C37H40O18/c1-49-24-10-16(2-8-21(24)41)3-9-28(42)50-15-27-30(44)32(46)34(48)37(55-27)53-25-13-20-22(51-35(25)17-4-6-18(39)7-5-17)11-19(40)12-23(20)52-36-33(47)31(45)29(43)26(14-38)54-36/h2-13,26-27,29-41,43-48H,14-15H2,1H3/p+1. The Labute approximate surface area is 312 Å². The number of benzene rings is 3. The molecule has 0 spiro atoms. The van der Waals surface area contributed by atoms with E-state index in [0.29, 0.717) is 11.1 Å². The molecule has 6 rings (SSSR count). The minimum Gasteiger partial charge on any atom is -0.571 e. The number of phenols is 3. The minimum absolute atomic E-state index is 0.0434. The average Bonchev–Trinajstić information content (AvgIpc) is 3.17. The van der Waals surface area contributed by atoms with Crippen LogP contribution >= 0.6 is 0 Å². The van der Waals surface area contributed by atoms with Gasteiger partial charge in [0.15, 0.2) is 17.3 Å². The third kappa shape index (κ3) is 8.57. The molecule has 0 amide bonds. The molecule has 55 heavy (non-hydrogen) atoms. The second-order valence-corrected chi connectivity index (χ2v) is 12.9. The lowest BCUT2D eigenvalue weighted by Crippen LogP contribution is -2.60. The Balaban J connectivity index is 1.25. The lowest BCUT2D eigenvalue weighted by molar-refractivity contribution is -0.296. The summed E-state index contributed by atoms with van der Waals surface area (Å²) < 4.78 is 38.2. The van der Waals surface area contributed by atoms with Gasteiger partial charge < -0.3 is 84.2 Å². The van der Waals surface area contributed by atoms with Gasteiger partial charge >= 0.3 is 5.97 Å². The average molecular weight is 774 g/mol. The highest BCUT2D eigenvalue weighted by atomic mass is 16.7. The number of ether oxygens (including phenoxy) is 7. The first-order chi connectivity index (χ1) is 26.3. The summed E-state index contributed by atoms with van der Waals surface area (Å²) in [5, 5.41) is 103. The molecule has 3 heterocycles. The van der Waals surface area contributed by atoms with Crippen molar-refractivity contribution in [2.45, 2.75) is 67.5 Å². The Bertz CT molecular complexity index is 1880. The van der Waals surface area contributed by atoms with Crippen LogP contribution in [0.1, 0.15) is 22.8 Å². The molecule has 3 aromatic rings. The molecule has 11 atom stereocenters. The van der Waals surface area contributed by atoms with Crippen molar-refractivity contribution in [2.24, 2.45) is 0 Å². The first-order valence-electron chi connectivity index (χ1n) is 16.9. The van der Waals surface area contributed by atoms with Gasteiger partial charge in [0.05, 0.1) is 25.3 Å². The van der Waals surface area contributed by atoms with Crippen LogP contribution in [0.4, 0.5) is 0 Å². The second-order valence-electron chi connectivity index (χ2n) is 12.9. The minimum atomic E-state index is -1.85. The van der Waals surface area contributed by atoms with Gasteiger partial charge in [-0.3, -0.25) is 0 Å². The predicted octanol–water partition coefficient (Wildman–Crippen LogP) is -0.591. The highest BCUT2D eigenvalue weighted by Gasteiger charge is 2.48. The highest BCUT2D eigenvalue weighted by molar-refractivity contribution is 5.87. The lowest BCUT2D eigenvalue weighted by atomic mass is 9.98. The van der Waals surface area contributed by atoms with Crippen molar-refractivity contribution in [3.8, 4) is 34.5 Å². The summed E-state index contributed by atoms with van der Waals surface area (Å²) in [5.74, 6) is -1.22. The first kappa shape index (κ1) is 39.5. The number of fused-ring (bicyclic) bond motifs is 1. The van der Waals surface area contributed by atoms with Gasteiger partial charge in [0.25, 0.3) is 11.9 Å². The number of carbonyl (C=O) groups is 1. The van der Waals surface area contributed by atoms with E-state index in [0.717, 1.165) is 12.1 Å². The zero-order valence-electron chi connectivity index (χ0n) is 29.0. The van der Waals surface area contributed by atoms with E-state index in [1.807, 2.05) is 0 Å².